The predicted octanol–water partition coefficient (Wildman–Crippen LogP) is 3.50. The Morgan fingerprint density at radius 1 is 1.50 bits per heavy atom. The topological polar surface area (TPSA) is 0 Å². The van der Waals surface area contributed by atoms with Gasteiger partial charge in [0.15, 0.2) is 0 Å². The van der Waals surface area contributed by atoms with E-state index in [0.717, 1.165) is 3.57 Å². The molecule has 1 aromatic carbocycles. The Morgan fingerprint density at radius 2 is 2.10 bits per heavy atom. The van der Waals surface area contributed by atoms with Crippen molar-refractivity contribution in [1.82, 2.24) is 0 Å². The summed E-state index contributed by atoms with van der Waals surface area (Å²) < 4.78 is 14.4. The molecule has 0 aromatic heterocycles. The minimum Gasteiger partial charge on any atom is -0.205 e. The summed E-state index contributed by atoms with van der Waals surface area (Å²) in [4.78, 5) is 0. The van der Waals surface area contributed by atoms with E-state index in [1.165, 1.54) is 0 Å². The number of rotatable bonds is 0. The molecular weight excluding hydrogens is 310 g/mol. The van der Waals surface area contributed by atoms with Crippen molar-refractivity contribution in [2.24, 2.45) is 0 Å². The highest BCUT2D eigenvalue weighted by Crippen LogP contribution is 2.24. The van der Waals surface area contributed by atoms with Crippen LogP contribution in [0.5, 0.6) is 0 Å². The fourth-order valence-electron chi connectivity index (χ4n) is 0.622. The van der Waals surface area contributed by atoms with Gasteiger partial charge in [0.1, 0.15) is 5.82 Å². The van der Waals surface area contributed by atoms with Crippen molar-refractivity contribution in [3.8, 4) is 0 Å². The van der Waals surface area contributed by atoms with Crippen LogP contribution in [0.15, 0.2) is 16.6 Å². The van der Waals surface area contributed by atoms with Crippen LogP contribution in [0, 0.1) is 16.3 Å². The second kappa shape index (κ2) is 3.17. The van der Waals surface area contributed by atoms with E-state index in [-0.39, 0.29) is 5.82 Å². The zero-order chi connectivity index (χ0) is 7.72. The molecular formula is C7H5BrFI. The maximum absolute atomic E-state index is 12.9. The van der Waals surface area contributed by atoms with Crippen molar-refractivity contribution in [2.75, 3.05) is 0 Å². The van der Waals surface area contributed by atoms with E-state index in [2.05, 4.69) is 38.5 Å². The molecule has 0 N–H and O–H groups in total. The molecule has 0 amide bonds. The first-order chi connectivity index (χ1) is 4.63. The Bertz CT molecular complexity index is 233. The summed E-state index contributed by atoms with van der Waals surface area (Å²) in [7, 11) is 0. The largest absolute Gasteiger partial charge is 0.205 e. The zero-order valence-corrected chi connectivity index (χ0v) is 9.03. The summed E-state index contributed by atoms with van der Waals surface area (Å²) in [5.41, 5.74) is 0.673. The molecule has 0 aliphatic heterocycles. The quantitative estimate of drug-likeness (QED) is 0.508. The van der Waals surface area contributed by atoms with Crippen LogP contribution in [0.25, 0.3) is 0 Å². The summed E-state index contributed by atoms with van der Waals surface area (Å²) in [5.74, 6) is -0.160. The fourth-order valence-corrected chi connectivity index (χ4v) is 1.48. The molecule has 0 bridgehead atoms. The van der Waals surface area contributed by atoms with E-state index >= 15 is 0 Å². The lowest BCUT2D eigenvalue weighted by molar-refractivity contribution is 0.610. The minimum atomic E-state index is -0.160. The van der Waals surface area contributed by atoms with Gasteiger partial charge in [-0.1, -0.05) is 6.07 Å². The predicted molar refractivity (Wildman–Crippen MR) is 51.6 cm³/mol. The average Bonchev–Trinajstić information content (AvgIpc) is 1.93. The van der Waals surface area contributed by atoms with Crippen molar-refractivity contribution in [3.05, 3.63) is 31.6 Å². The Hall–Kier alpha value is 0.360. The monoisotopic (exact) mass is 314 g/mol. The van der Waals surface area contributed by atoms with E-state index in [1.807, 2.05) is 6.07 Å². The minimum absolute atomic E-state index is 0.160. The first-order valence-corrected chi connectivity index (χ1v) is 4.60. The molecule has 3 heteroatoms. The third-order valence-electron chi connectivity index (χ3n) is 1.23. The second-order valence-electron chi connectivity index (χ2n) is 1.99. The van der Waals surface area contributed by atoms with Crippen molar-refractivity contribution in [3.63, 3.8) is 0 Å². The van der Waals surface area contributed by atoms with Gasteiger partial charge in [-0.25, -0.2) is 4.39 Å². The molecule has 1 aromatic rings. The first-order valence-electron chi connectivity index (χ1n) is 2.73. The number of hydrogen-bond acceptors (Lipinski definition) is 0. The Labute approximate surface area is 81.1 Å². The molecule has 0 saturated carbocycles. The van der Waals surface area contributed by atoms with Crippen LogP contribution in [0.4, 0.5) is 4.39 Å². The van der Waals surface area contributed by atoms with Gasteiger partial charge in [-0.2, -0.15) is 0 Å². The molecule has 0 nitrogen and oxygen atoms in total. The van der Waals surface area contributed by atoms with E-state index < -0.39 is 0 Å². The third-order valence-corrected chi connectivity index (χ3v) is 3.64. The number of benzene rings is 1. The molecule has 0 aliphatic rings. The summed E-state index contributed by atoms with van der Waals surface area (Å²) in [6.45, 7) is 1.75. The Kier molecular flexibility index (Phi) is 2.68. The first kappa shape index (κ1) is 8.46. The van der Waals surface area contributed by atoms with Gasteiger partial charge in [0.05, 0.1) is 4.47 Å². The van der Waals surface area contributed by atoms with Crippen molar-refractivity contribution in [2.45, 2.75) is 6.92 Å². The molecule has 0 atom stereocenters. The normalized spacial score (nSPS) is 10.0. The number of aryl methyl sites for hydroxylation is 1. The maximum atomic E-state index is 12.9. The molecule has 0 unspecified atom stereocenters. The van der Waals surface area contributed by atoms with Crippen LogP contribution in [0.3, 0.4) is 0 Å². The van der Waals surface area contributed by atoms with Gasteiger partial charge in [0, 0.05) is 3.57 Å². The molecule has 0 radical (unpaired) electrons. The Morgan fingerprint density at radius 3 is 2.60 bits per heavy atom. The summed E-state index contributed by atoms with van der Waals surface area (Å²) in [6.07, 6.45) is 0. The van der Waals surface area contributed by atoms with Crippen molar-refractivity contribution < 1.29 is 4.39 Å². The van der Waals surface area contributed by atoms with Crippen LogP contribution in [-0.4, -0.2) is 0 Å². The van der Waals surface area contributed by atoms with Crippen molar-refractivity contribution >= 4 is 38.5 Å². The molecule has 1 rings (SSSR count). The highest BCUT2D eigenvalue weighted by Gasteiger charge is 2.04. The van der Waals surface area contributed by atoms with Crippen molar-refractivity contribution in [1.29, 1.82) is 0 Å². The summed E-state index contributed by atoms with van der Waals surface area (Å²) >= 11 is 5.23. The summed E-state index contributed by atoms with van der Waals surface area (Å²) in [6, 6.07) is 3.64. The van der Waals surface area contributed by atoms with Gasteiger partial charge in [0.25, 0.3) is 0 Å². The summed E-state index contributed by atoms with van der Waals surface area (Å²) in [5, 5.41) is 0. The smallest absolute Gasteiger partial charge is 0.141 e. The van der Waals surface area contributed by atoms with Gasteiger partial charge >= 0.3 is 0 Å². The maximum Gasteiger partial charge on any atom is 0.141 e. The van der Waals surface area contributed by atoms with E-state index in [1.54, 1.807) is 13.0 Å². The van der Waals surface area contributed by atoms with E-state index in [4.69, 9.17) is 0 Å². The van der Waals surface area contributed by atoms with Crippen LogP contribution in [0.2, 0.25) is 0 Å². The molecule has 0 aliphatic carbocycles. The lowest BCUT2D eigenvalue weighted by atomic mass is 10.2. The molecule has 0 heterocycles. The van der Waals surface area contributed by atoms with E-state index in [0.29, 0.717) is 10.0 Å². The third kappa shape index (κ3) is 1.50. The molecule has 0 fully saturated rings. The molecule has 54 valence electrons. The van der Waals surface area contributed by atoms with Crippen LogP contribution in [0.1, 0.15) is 5.56 Å². The lowest BCUT2D eigenvalue weighted by Crippen LogP contribution is -1.85. The van der Waals surface area contributed by atoms with E-state index in [9.17, 15) is 4.39 Å². The second-order valence-corrected chi connectivity index (χ2v) is 3.95. The van der Waals surface area contributed by atoms with Gasteiger partial charge in [-0.15, -0.1) is 0 Å². The standard InChI is InChI=1S/C7H5BrFI/c1-4-2-3-5(10)6(8)7(4)9/h2-3H,1H3. The lowest BCUT2D eigenvalue weighted by Gasteiger charge is -1.99. The van der Waals surface area contributed by atoms with Gasteiger partial charge in [-0.05, 0) is 57.1 Å². The average molecular weight is 315 g/mol. The molecule has 10 heavy (non-hydrogen) atoms. The number of hydrogen-bond donors (Lipinski definition) is 0. The fraction of sp³-hybridized carbons (Fsp3) is 0.143. The zero-order valence-electron chi connectivity index (χ0n) is 5.29. The molecule has 0 spiro atoms. The highest BCUT2D eigenvalue weighted by molar-refractivity contribution is 14.1. The van der Waals surface area contributed by atoms with Gasteiger partial charge in [-0.3, -0.25) is 0 Å². The molecule has 0 saturated heterocycles. The SMILES string of the molecule is Cc1ccc(I)c(Br)c1F. The van der Waals surface area contributed by atoms with Crippen LogP contribution >= 0.6 is 38.5 Å². The van der Waals surface area contributed by atoms with Gasteiger partial charge < -0.3 is 0 Å². The van der Waals surface area contributed by atoms with Crippen LogP contribution < -0.4 is 0 Å². The van der Waals surface area contributed by atoms with Gasteiger partial charge in [0.2, 0.25) is 0 Å². The number of halogens is 3. The highest BCUT2D eigenvalue weighted by atomic mass is 127. The Balaban J connectivity index is 3.34. The van der Waals surface area contributed by atoms with Crippen LogP contribution in [-0.2, 0) is 0 Å².